The zero-order chi connectivity index (χ0) is 14.1. The summed E-state index contributed by atoms with van der Waals surface area (Å²) < 4.78 is 0. The van der Waals surface area contributed by atoms with Crippen molar-refractivity contribution in [2.75, 3.05) is 5.32 Å². The number of aromatic nitrogens is 2. The van der Waals surface area contributed by atoms with E-state index in [4.69, 9.17) is 0 Å². The summed E-state index contributed by atoms with van der Waals surface area (Å²) in [6, 6.07) is 10.0. The van der Waals surface area contributed by atoms with E-state index in [-0.39, 0.29) is 0 Å². The second kappa shape index (κ2) is 4.89. The van der Waals surface area contributed by atoms with Crippen molar-refractivity contribution in [1.82, 2.24) is 10.2 Å². The topological polar surface area (TPSA) is 60.9 Å². The van der Waals surface area contributed by atoms with Gasteiger partial charge in [0.2, 0.25) is 0 Å². The van der Waals surface area contributed by atoms with Crippen molar-refractivity contribution in [3.05, 3.63) is 53.2 Å². The molecule has 0 saturated heterocycles. The number of nitrogens with one attached hydrogen (secondary N) is 2. The monoisotopic (exact) mass is 267 g/mol. The second-order valence-electron chi connectivity index (χ2n) is 5.07. The Bertz CT molecular complexity index is 738. The molecule has 0 amide bonds. The third kappa shape index (κ3) is 2.20. The summed E-state index contributed by atoms with van der Waals surface area (Å²) in [7, 11) is 0. The van der Waals surface area contributed by atoms with Crippen molar-refractivity contribution < 1.29 is 5.11 Å². The fourth-order valence-electron chi connectivity index (χ4n) is 2.47. The maximum atomic E-state index is 9.80. The van der Waals surface area contributed by atoms with Crippen LogP contribution in [-0.4, -0.2) is 15.3 Å². The van der Waals surface area contributed by atoms with E-state index in [9.17, 15) is 5.11 Å². The van der Waals surface area contributed by atoms with E-state index in [1.54, 1.807) is 0 Å². The lowest BCUT2D eigenvalue weighted by molar-refractivity contribution is 0.466. The van der Waals surface area contributed by atoms with Crippen molar-refractivity contribution >= 4 is 16.6 Å². The van der Waals surface area contributed by atoms with Crippen molar-refractivity contribution in [3.63, 3.8) is 0 Å². The minimum Gasteiger partial charge on any atom is -0.507 e. The lowest BCUT2D eigenvalue weighted by atomic mass is 10.1. The van der Waals surface area contributed by atoms with Crippen molar-refractivity contribution in [2.24, 2.45) is 0 Å². The fourth-order valence-corrected chi connectivity index (χ4v) is 2.47. The number of phenolic OH excluding ortho intramolecular Hbond substituents is 1. The first-order valence-electron chi connectivity index (χ1n) is 6.60. The molecular weight excluding hydrogens is 250 g/mol. The van der Waals surface area contributed by atoms with Gasteiger partial charge in [-0.3, -0.25) is 5.10 Å². The van der Waals surface area contributed by atoms with Crippen molar-refractivity contribution in [2.45, 2.75) is 20.4 Å². The Morgan fingerprint density at radius 2 is 1.95 bits per heavy atom. The van der Waals surface area contributed by atoms with Gasteiger partial charge in [0, 0.05) is 17.6 Å². The number of nitrogens with zero attached hydrogens (tertiary/aromatic N) is 1. The molecule has 0 spiro atoms. The summed E-state index contributed by atoms with van der Waals surface area (Å²) in [5.41, 5.74) is 5.04. The van der Waals surface area contributed by atoms with Gasteiger partial charge in [-0.05, 0) is 42.7 Å². The van der Waals surface area contributed by atoms with Crippen molar-refractivity contribution in [1.29, 1.82) is 0 Å². The average Bonchev–Trinajstić information content (AvgIpc) is 2.91. The van der Waals surface area contributed by atoms with E-state index >= 15 is 0 Å². The Morgan fingerprint density at radius 1 is 1.20 bits per heavy atom. The zero-order valence-electron chi connectivity index (χ0n) is 11.6. The van der Waals surface area contributed by atoms with Gasteiger partial charge < -0.3 is 10.4 Å². The van der Waals surface area contributed by atoms with Crippen LogP contribution in [0.3, 0.4) is 0 Å². The van der Waals surface area contributed by atoms with Gasteiger partial charge in [-0.2, -0.15) is 5.10 Å². The molecule has 3 rings (SSSR count). The number of anilines is 1. The summed E-state index contributed by atoms with van der Waals surface area (Å²) in [6.45, 7) is 4.55. The molecule has 0 fully saturated rings. The van der Waals surface area contributed by atoms with Crippen LogP contribution in [0, 0.1) is 13.8 Å². The Kier molecular flexibility index (Phi) is 3.06. The highest BCUT2D eigenvalue weighted by Crippen LogP contribution is 2.25. The summed E-state index contributed by atoms with van der Waals surface area (Å²) in [6.07, 6.45) is 1.82. The Balaban J connectivity index is 1.85. The summed E-state index contributed by atoms with van der Waals surface area (Å²) in [5, 5.41) is 21.3. The molecular formula is C16H17N3O. The molecule has 4 heteroatoms. The number of benzene rings is 2. The molecule has 0 atom stereocenters. The molecule has 1 aromatic heterocycles. The summed E-state index contributed by atoms with van der Waals surface area (Å²) in [5.74, 6) is 0.380. The van der Waals surface area contributed by atoms with Gasteiger partial charge in [-0.15, -0.1) is 0 Å². The third-order valence-electron chi connectivity index (χ3n) is 3.52. The van der Waals surface area contributed by atoms with Crippen LogP contribution < -0.4 is 5.32 Å². The fraction of sp³-hybridized carbons (Fsp3) is 0.188. The average molecular weight is 267 g/mol. The Labute approximate surface area is 117 Å². The molecule has 4 nitrogen and oxygen atoms in total. The molecule has 0 bridgehead atoms. The van der Waals surface area contributed by atoms with E-state index in [0.29, 0.717) is 12.3 Å². The number of hydrogen-bond donors (Lipinski definition) is 3. The lowest BCUT2D eigenvalue weighted by Crippen LogP contribution is -2.00. The highest BCUT2D eigenvalue weighted by atomic mass is 16.3. The lowest BCUT2D eigenvalue weighted by Gasteiger charge is -2.10. The molecule has 0 aliphatic heterocycles. The van der Waals surface area contributed by atoms with E-state index < -0.39 is 0 Å². The van der Waals surface area contributed by atoms with Crippen LogP contribution in [0.4, 0.5) is 5.69 Å². The second-order valence-corrected chi connectivity index (χ2v) is 5.07. The van der Waals surface area contributed by atoms with Gasteiger partial charge in [0.25, 0.3) is 0 Å². The van der Waals surface area contributed by atoms with Gasteiger partial charge in [-0.25, -0.2) is 0 Å². The molecule has 0 saturated carbocycles. The Hall–Kier alpha value is -2.49. The number of aryl methyl sites for hydroxylation is 2. The molecule has 102 valence electrons. The minimum atomic E-state index is 0.380. The molecule has 0 aliphatic rings. The minimum absolute atomic E-state index is 0.380. The van der Waals surface area contributed by atoms with Crippen molar-refractivity contribution in [3.8, 4) is 5.75 Å². The molecule has 3 aromatic rings. The molecule has 0 radical (unpaired) electrons. The number of H-pyrrole nitrogens is 1. The maximum absolute atomic E-state index is 9.80. The number of aromatic amines is 1. The number of hydrogen-bond acceptors (Lipinski definition) is 3. The van der Waals surface area contributed by atoms with E-state index in [0.717, 1.165) is 33.3 Å². The Morgan fingerprint density at radius 3 is 2.70 bits per heavy atom. The number of phenols is 1. The van der Waals surface area contributed by atoms with Crippen LogP contribution >= 0.6 is 0 Å². The van der Waals surface area contributed by atoms with Crippen LogP contribution in [0.2, 0.25) is 0 Å². The highest BCUT2D eigenvalue weighted by Gasteiger charge is 2.05. The van der Waals surface area contributed by atoms with Crippen LogP contribution in [0.15, 0.2) is 36.5 Å². The predicted octanol–water partition coefficient (Wildman–Crippen LogP) is 3.50. The maximum Gasteiger partial charge on any atom is 0.121 e. The van der Waals surface area contributed by atoms with Crippen LogP contribution in [0.1, 0.15) is 16.7 Å². The van der Waals surface area contributed by atoms with Crippen LogP contribution in [-0.2, 0) is 6.54 Å². The van der Waals surface area contributed by atoms with E-state index in [1.807, 2.05) is 50.4 Å². The first-order chi connectivity index (χ1) is 9.65. The third-order valence-corrected chi connectivity index (χ3v) is 3.52. The van der Waals surface area contributed by atoms with Gasteiger partial charge in [-0.1, -0.05) is 18.2 Å². The first-order valence-corrected chi connectivity index (χ1v) is 6.60. The summed E-state index contributed by atoms with van der Waals surface area (Å²) >= 11 is 0. The molecule has 2 aromatic carbocycles. The molecule has 0 aliphatic carbocycles. The standard InChI is InChI=1S/C16H17N3O/c1-10-6-12(7-11(2)16(10)20)8-17-14-4-3-5-15-13(14)9-18-19-15/h3-7,9,17,20H,8H2,1-2H3,(H,18,19). The largest absolute Gasteiger partial charge is 0.507 e. The smallest absolute Gasteiger partial charge is 0.121 e. The van der Waals surface area contributed by atoms with Gasteiger partial charge >= 0.3 is 0 Å². The quantitative estimate of drug-likeness (QED) is 0.680. The molecule has 0 unspecified atom stereocenters. The number of aromatic hydroxyl groups is 1. The van der Waals surface area contributed by atoms with Gasteiger partial charge in [0.15, 0.2) is 0 Å². The SMILES string of the molecule is Cc1cc(CNc2cccc3[nH]ncc23)cc(C)c1O. The number of rotatable bonds is 3. The van der Waals surface area contributed by atoms with E-state index in [2.05, 4.69) is 15.5 Å². The molecule has 20 heavy (non-hydrogen) atoms. The van der Waals surface area contributed by atoms with Gasteiger partial charge in [0.05, 0.1) is 11.7 Å². The van der Waals surface area contributed by atoms with E-state index in [1.165, 1.54) is 0 Å². The highest BCUT2D eigenvalue weighted by molar-refractivity contribution is 5.90. The first kappa shape index (κ1) is 12.5. The van der Waals surface area contributed by atoms with Crippen LogP contribution in [0.5, 0.6) is 5.75 Å². The van der Waals surface area contributed by atoms with Gasteiger partial charge in [0.1, 0.15) is 5.75 Å². The van der Waals surface area contributed by atoms with Crippen LogP contribution in [0.25, 0.3) is 10.9 Å². The summed E-state index contributed by atoms with van der Waals surface area (Å²) in [4.78, 5) is 0. The molecule has 3 N–H and O–H groups in total. The zero-order valence-corrected chi connectivity index (χ0v) is 11.6. The normalized spacial score (nSPS) is 10.9. The number of fused-ring (bicyclic) bond motifs is 1. The molecule has 1 heterocycles. The predicted molar refractivity (Wildman–Crippen MR) is 81.0 cm³/mol.